The second kappa shape index (κ2) is 5.25. The van der Waals surface area contributed by atoms with Gasteiger partial charge in [0.05, 0.1) is 5.69 Å². The second-order valence-corrected chi connectivity index (χ2v) is 3.31. The van der Waals surface area contributed by atoms with Crippen molar-refractivity contribution in [2.24, 2.45) is 0 Å². The highest BCUT2D eigenvalue weighted by molar-refractivity contribution is 5.80. The van der Waals surface area contributed by atoms with Crippen LogP contribution in [0.1, 0.15) is 6.92 Å². The van der Waals surface area contributed by atoms with E-state index in [-0.39, 0.29) is 12.2 Å². The first-order chi connectivity index (χ1) is 7.49. The fraction of sp³-hybridized carbons (Fsp3) is 0.182. The molecule has 86 valence electrons. The topological polar surface area (TPSA) is 49.3 Å². The summed E-state index contributed by atoms with van der Waals surface area (Å²) in [6, 6.07) is 3.15. The van der Waals surface area contributed by atoms with E-state index in [9.17, 15) is 13.6 Å². The zero-order valence-corrected chi connectivity index (χ0v) is 8.63. The van der Waals surface area contributed by atoms with Crippen LogP contribution in [0.5, 0.6) is 0 Å². The number of benzene rings is 1. The number of hydrogen-bond donors (Lipinski definition) is 2. The van der Waals surface area contributed by atoms with E-state index < -0.39 is 17.6 Å². The summed E-state index contributed by atoms with van der Waals surface area (Å²) in [5.41, 5.74) is 0.677. The number of halogens is 2. The van der Waals surface area contributed by atoms with Gasteiger partial charge in [-0.15, -0.1) is 0 Å². The maximum atomic E-state index is 13.1. The Morgan fingerprint density at radius 2 is 2.19 bits per heavy atom. The lowest BCUT2D eigenvalue weighted by molar-refractivity contribution is -0.131. The Balaban J connectivity index is 2.65. The lowest BCUT2D eigenvalue weighted by Gasteiger charge is -2.07. The van der Waals surface area contributed by atoms with Crippen molar-refractivity contribution in [1.29, 1.82) is 0 Å². The van der Waals surface area contributed by atoms with Crippen LogP contribution in [-0.2, 0) is 4.79 Å². The Hall–Kier alpha value is -1.91. The summed E-state index contributed by atoms with van der Waals surface area (Å²) in [5.74, 6) is -2.41. The molecule has 0 bridgehead atoms. The number of carboxylic acid groups (broad SMARTS) is 1. The van der Waals surface area contributed by atoms with Crippen LogP contribution < -0.4 is 5.32 Å². The molecular formula is C11H11F2NO2. The maximum Gasteiger partial charge on any atom is 0.328 e. The quantitative estimate of drug-likeness (QED) is 0.776. The standard InChI is InChI=1S/C11H11F2NO2/c1-7(4-11(15)16)6-14-10-3-2-8(12)5-9(10)13/h2-5,14H,6H2,1H3,(H,15,16)/b7-4-. The monoisotopic (exact) mass is 227 g/mol. The van der Waals surface area contributed by atoms with E-state index in [0.29, 0.717) is 5.57 Å². The molecule has 16 heavy (non-hydrogen) atoms. The van der Waals surface area contributed by atoms with E-state index in [1.807, 2.05) is 0 Å². The summed E-state index contributed by atoms with van der Waals surface area (Å²) in [6.45, 7) is 1.79. The van der Waals surface area contributed by atoms with Gasteiger partial charge in [0.25, 0.3) is 0 Å². The molecular weight excluding hydrogens is 216 g/mol. The van der Waals surface area contributed by atoms with E-state index in [0.717, 1.165) is 18.2 Å². The maximum absolute atomic E-state index is 13.1. The molecule has 0 aromatic heterocycles. The Bertz CT molecular complexity index is 430. The van der Waals surface area contributed by atoms with Crippen LogP contribution in [-0.4, -0.2) is 17.6 Å². The van der Waals surface area contributed by atoms with Gasteiger partial charge in [-0.3, -0.25) is 0 Å². The molecule has 0 aliphatic rings. The SMILES string of the molecule is C/C(=C/C(=O)O)CNc1ccc(F)cc1F. The van der Waals surface area contributed by atoms with Gasteiger partial charge in [-0.25, -0.2) is 13.6 Å². The van der Waals surface area contributed by atoms with Gasteiger partial charge in [-0.2, -0.15) is 0 Å². The van der Waals surface area contributed by atoms with E-state index in [4.69, 9.17) is 5.11 Å². The van der Waals surface area contributed by atoms with Crippen molar-refractivity contribution in [3.05, 3.63) is 41.5 Å². The van der Waals surface area contributed by atoms with Crippen LogP contribution in [0.25, 0.3) is 0 Å². The minimum absolute atomic E-state index is 0.138. The third-order valence-corrected chi connectivity index (χ3v) is 1.86. The predicted octanol–water partition coefficient (Wildman–Crippen LogP) is 2.41. The normalized spacial score (nSPS) is 11.3. The van der Waals surface area contributed by atoms with Gasteiger partial charge in [0, 0.05) is 18.7 Å². The van der Waals surface area contributed by atoms with Crippen molar-refractivity contribution >= 4 is 11.7 Å². The molecule has 0 amide bonds. The van der Waals surface area contributed by atoms with Crippen molar-refractivity contribution in [3.63, 3.8) is 0 Å². The first-order valence-corrected chi connectivity index (χ1v) is 4.58. The molecule has 3 nitrogen and oxygen atoms in total. The molecule has 1 aromatic rings. The van der Waals surface area contributed by atoms with Crippen LogP contribution in [0, 0.1) is 11.6 Å². The number of aliphatic carboxylic acids is 1. The number of nitrogens with one attached hydrogen (secondary N) is 1. The number of rotatable bonds is 4. The lowest BCUT2D eigenvalue weighted by Crippen LogP contribution is -2.06. The molecule has 0 aliphatic carbocycles. The Labute approximate surface area is 91.4 Å². The zero-order valence-electron chi connectivity index (χ0n) is 8.63. The number of carboxylic acids is 1. The summed E-state index contributed by atoms with van der Waals surface area (Å²) < 4.78 is 25.7. The first kappa shape index (κ1) is 12.2. The Kier molecular flexibility index (Phi) is 3.99. The van der Waals surface area contributed by atoms with Crippen LogP contribution >= 0.6 is 0 Å². The second-order valence-electron chi connectivity index (χ2n) is 3.31. The van der Waals surface area contributed by atoms with Gasteiger partial charge in [0.2, 0.25) is 0 Å². The number of carbonyl (C=O) groups is 1. The van der Waals surface area contributed by atoms with E-state index >= 15 is 0 Å². The van der Waals surface area contributed by atoms with Crippen molar-refractivity contribution in [2.75, 3.05) is 11.9 Å². The van der Waals surface area contributed by atoms with Gasteiger partial charge in [-0.05, 0) is 24.6 Å². The molecule has 0 saturated carbocycles. The molecule has 0 fully saturated rings. The Morgan fingerprint density at radius 3 is 2.75 bits per heavy atom. The van der Waals surface area contributed by atoms with Crippen molar-refractivity contribution < 1.29 is 18.7 Å². The summed E-state index contributed by atoms with van der Waals surface area (Å²) in [6.07, 6.45) is 1.02. The fourth-order valence-electron chi connectivity index (χ4n) is 1.13. The van der Waals surface area contributed by atoms with Crippen LogP contribution in [0.15, 0.2) is 29.8 Å². The first-order valence-electron chi connectivity index (χ1n) is 4.58. The third-order valence-electron chi connectivity index (χ3n) is 1.86. The van der Waals surface area contributed by atoms with Gasteiger partial charge in [0.1, 0.15) is 11.6 Å². The highest BCUT2D eigenvalue weighted by Crippen LogP contribution is 2.15. The number of hydrogen-bond acceptors (Lipinski definition) is 2. The fourth-order valence-corrected chi connectivity index (χ4v) is 1.13. The predicted molar refractivity (Wildman–Crippen MR) is 56.2 cm³/mol. The smallest absolute Gasteiger partial charge is 0.328 e. The highest BCUT2D eigenvalue weighted by Gasteiger charge is 2.03. The van der Waals surface area contributed by atoms with Gasteiger partial charge in [0.15, 0.2) is 0 Å². The molecule has 1 aromatic carbocycles. The van der Waals surface area contributed by atoms with Crippen molar-refractivity contribution in [1.82, 2.24) is 0 Å². The van der Waals surface area contributed by atoms with Gasteiger partial charge >= 0.3 is 5.97 Å². The lowest BCUT2D eigenvalue weighted by atomic mass is 10.2. The summed E-state index contributed by atoms with van der Waals surface area (Å²) in [7, 11) is 0. The number of anilines is 1. The zero-order chi connectivity index (χ0) is 12.1. The van der Waals surface area contributed by atoms with Crippen LogP contribution in [0.2, 0.25) is 0 Å². The van der Waals surface area contributed by atoms with Gasteiger partial charge < -0.3 is 10.4 Å². The molecule has 1 rings (SSSR count). The molecule has 0 spiro atoms. The summed E-state index contributed by atoms with van der Waals surface area (Å²) >= 11 is 0. The molecule has 0 atom stereocenters. The molecule has 0 unspecified atom stereocenters. The highest BCUT2D eigenvalue weighted by atomic mass is 19.1. The molecule has 0 heterocycles. The van der Waals surface area contributed by atoms with Crippen molar-refractivity contribution in [2.45, 2.75) is 6.92 Å². The van der Waals surface area contributed by atoms with Crippen LogP contribution in [0.4, 0.5) is 14.5 Å². The van der Waals surface area contributed by atoms with E-state index in [1.165, 1.54) is 6.07 Å². The van der Waals surface area contributed by atoms with E-state index in [1.54, 1.807) is 6.92 Å². The third kappa shape index (κ3) is 3.68. The minimum Gasteiger partial charge on any atom is -0.478 e. The molecule has 0 radical (unpaired) electrons. The molecule has 2 N–H and O–H groups in total. The van der Waals surface area contributed by atoms with Crippen LogP contribution in [0.3, 0.4) is 0 Å². The largest absolute Gasteiger partial charge is 0.478 e. The minimum atomic E-state index is -1.06. The Morgan fingerprint density at radius 1 is 1.50 bits per heavy atom. The molecule has 5 heteroatoms. The van der Waals surface area contributed by atoms with Crippen molar-refractivity contribution in [3.8, 4) is 0 Å². The van der Waals surface area contributed by atoms with Gasteiger partial charge in [-0.1, -0.05) is 0 Å². The summed E-state index contributed by atoms with van der Waals surface area (Å²) in [5, 5.41) is 11.1. The average Bonchev–Trinajstić information content (AvgIpc) is 2.15. The molecule has 0 aliphatic heterocycles. The summed E-state index contributed by atoms with van der Waals surface area (Å²) in [4.78, 5) is 10.3. The molecule has 0 saturated heterocycles. The van der Waals surface area contributed by atoms with E-state index in [2.05, 4.69) is 5.32 Å². The average molecular weight is 227 g/mol.